The lowest BCUT2D eigenvalue weighted by atomic mass is 10.1. The lowest BCUT2D eigenvalue weighted by Crippen LogP contribution is -2.26. The first-order valence-electron chi connectivity index (χ1n) is 8.34. The van der Waals surface area contributed by atoms with Crippen molar-refractivity contribution < 1.29 is 14.3 Å². The van der Waals surface area contributed by atoms with Crippen LogP contribution >= 0.6 is 0 Å². The normalized spacial score (nSPS) is 14.5. The summed E-state index contributed by atoms with van der Waals surface area (Å²) in [5.74, 6) is 4.31. The van der Waals surface area contributed by atoms with E-state index in [0.29, 0.717) is 12.0 Å². The van der Waals surface area contributed by atoms with Gasteiger partial charge >= 0.3 is 0 Å². The first-order valence-corrected chi connectivity index (χ1v) is 8.34. The third kappa shape index (κ3) is 3.62. The van der Waals surface area contributed by atoms with Gasteiger partial charge in [0, 0.05) is 36.6 Å². The molecule has 1 aliphatic heterocycles. The van der Waals surface area contributed by atoms with Crippen LogP contribution in [0.4, 0.5) is 15.8 Å². The highest BCUT2D eigenvalue weighted by Gasteiger charge is 2.14. The smallest absolute Gasteiger partial charge is 0.167 e. The second-order valence-corrected chi connectivity index (χ2v) is 6.22. The van der Waals surface area contributed by atoms with E-state index in [1.54, 1.807) is 0 Å². The molecule has 3 rings (SSSR count). The molecule has 2 aromatic carbocycles. The molecule has 1 aliphatic rings. The summed E-state index contributed by atoms with van der Waals surface area (Å²) >= 11 is 0. The van der Waals surface area contributed by atoms with E-state index in [0.717, 1.165) is 35.4 Å². The summed E-state index contributed by atoms with van der Waals surface area (Å²) in [7, 11) is 0. The second kappa shape index (κ2) is 7.45. The molecular formula is C19H21FN4O2. The minimum absolute atomic E-state index is 0.182. The van der Waals surface area contributed by atoms with Gasteiger partial charge in [-0.05, 0) is 31.0 Å². The standard InChI is InChI=1S/C19H21FN4O2/c20-17-10-16(9-14(12-25)19(17)26)24(22)11-18(21)13-4-3-5-15(8-13)23-6-1-2-7-23/h3-5,8-12,26H,1-2,6-7,21-22H2/b18-11-. The maximum atomic E-state index is 13.7. The number of hydrogen-bond donors (Lipinski definition) is 3. The van der Waals surface area contributed by atoms with Crippen LogP contribution in [0.5, 0.6) is 5.75 Å². The van der Waals surface area contributed by atoms with Gasteiger partial charge in [-0.2, -0.15) is 0 Å². The van der Waals surface area contributed by atoms with Crippen LogP contribution in [-0.2, 0) is 0 Å². The van der Waals surface area contributed by atoms with E-state index in [1.807, 2.05) is 24.3 Å². The predicted octanol–water partition coefficient (Wildman–Crippen LogP) is 2.58. The maximum Gasteiger partial charge on any atom is 0.167 e. The number of anilines is 2. The van der Waals surface area contributed by atoms with Gasteiger partial charge in [0.05, 0.1) is 16.9 Å². The molecule has 0 unspecified atom stereocenters. The summed E-state index contributed by atoms with van der Waals surface area (Å²) in [5.41, 5.74) is 8.45. The fraction of sp³-hybridized carbons (Fsp3) is 0.211. The predicted molar refractivity (Wildman–Crippen MR) is 100 cm³/mol. The molecular weight excluding hydrogens is 335 g/mol. The first kappa shape index (κ1) is 17.8. The Labute approximate surface area is 151 Å². The van der Waals surface area contributed by atoms with Crippen LogP contribution in [0.25, 0.3) is 5.70 Å². The number of carbonyl (C=O) groups is 1. The first-order chi connectivity index (χ1) is 12.5. The molecule has 2 aromatic rings. The average molecular weight is 356 g/mol. The van der Waals surface area contributed by atoms with Crippen molar-refractivity contribution in [2.24, 2.45) is 11.6 Å². The van der Waals surface area contributed by atoms with Crippen LogP contribution in [0.15, 0.2) is 42.6 Å². The Morgan fingerprint density at radius 3 is 2.65 bits per heavy atom. The topological polar surface area (TPSA) is 95.8 Å². The fourth-order valence-corrected chi connectivity index (χ4v) is 3.00. The van der Waals surface area contributed by atoms with E-state index >= 15 is 0 Å². The monoisotopic (exact) mass is 356 g/mol. The fourth-order valence-electron chi connectivity index (χ4n) is 3.00. The highest BCUT2D eigenvalue weighted by Crippen LogP contribution is 2.27. The van der Waals surface area contributed by atoms with E-state index in [9.17, 15) is 14.3 Å². The number of nitrogens with two attached hydrogens (primary N) is 2. The molecule has 1 fully saturated rings. The molecule has 5 N–H and O–H groups in total. The highest BCUT2D eigenvalue weighted by atomic mass is 19.1. The lowest BCUT2D eigenvalue weighted by Gasteiger charge is -2.19. The zero-order valence-corrected chi connectivity index (χ0v) is 14.2. The van der Waals surface area contributed by atoms with Gasteiger partial charge in [0.2, 0.25) is 0 Å². The second-order valence-electron chi connectivity index (χ2n) is 6.22. The van der Waals surface area contributed by atoms with Crippen LogP contribution in [0.1, 0.15) is 28.8 Å². The number of rotatable bonds is 5. The molecule has 0 aliphatic carbocycles. The van der Waals surface area contributed by atoms with E-state index < -0.39 is 11.6 Å². The molecule has 0 amide bonds. The van der Waals surface area contributed by atoms with Crippen molar-refractivity contribution >= 4 is 23.4 Å². The minimum atomic E-state index is -0.928. The number of hydrogen-bond acceptors (Lipinski definition) is 6. The molecule has 6 nitrogen and oxygen atoms in total. The maximum absolute atomic E-state index is 13.7. The number of aldehydes is 1. The largest absolute Gasteiger partial charge is 0.504 e. The Morgan fingerprint density at radius 2 is 1.96 bits per heavy atom. The number of benzene rings is 2. The Morgan fingerprint density at radius 1 is 1.23 bits per heavy atom. The van der Waals surface area contributed by atoms with Gasteiger partial charge in [-0.25, -0.2) is 10.2 Å². The van der Waals surface area contributed by atoms with Crippen molar-refractivity contribution in [1.29, 1.82) is 0 Å². The Hall–Kier alpha value is -3.06. The van der Waals surface area contributed by atoms with E-state index in [1.165, 1.54) is 25.1 Å². The Kier molecular flexibility index (Phi) is 5.09. The van der Waals surface area contributed by atoms with Gasteiger partial charge in [0.1, 0.15) is 0 Å². The van der Waals surface area contributed by atoms with Crippen molar-refractivity contribution in [2.75, 3.05) is 23.0 Å². The number of aromatic hydroxyl groups is 1. The summed E-state index contributed by atoms with van der Waals surface area (Å²) in [6.45, 7) is 2.05. The number of nitrogens with zero attached hydrogens (tertiary/aromatic N) is 2. The summed E-state index contributed by atoms with van der Waals surface area (Å²) in [5, 5.41) is 10.6. The quantitative estimate of drug-likeness (QED) is 0.433. The van der Waals surface area contributed by atoms with Crippen molar-refractivity contribution in [1.82, 2.24) is 0 Å². The molecule has 136 valence electrons. The van der Waals surface area contributed by atoms with E-state index in [2.05, 4.69) is 4.90 Å². The van der Waals surface area contributed by atoms with Crippen molar-refractivity contribution in [3.63, 3.8) is 0 Å². The number of phenolic OH excluding ortho intramolecular Hbond substituents is 1. The van der Waals surface area contributed by atoms with Crippen molar-refractivity contribution in [2.45, 2.75) is 12.8 Å². The molecule has 0 aromatic heterocycles. The van der Waals surface area contributed by atoms with Crippen molar-refractivity contribution in [3.8, 4) is 5.75 Å². The highest BCUT2D eigenvalue weighted by molar-refractivity contribution is 5.82. The number of halogens is 1. The van der Waals surface area contributed by atoms with Gasteiger partial charge in [0.15, 0.2) is 17.9 Å². The molecule has 1 heterocycles. The Balaban J connectivity index is 1.86. The summed E-state index contributed by atoms with van der Waals surface area (Å²) in [4.78, 5) is 13.2. The molecule has 7 heteroatoms. The van der Waals surface area contributed by atoms with Gasteiger partial charge in [-0.15, -0.1) is 0 Å². The van der Waals surface area contributed by atoms with Gasteiger partial charge in [-0.1, -0.05) is 12.1 Å². The average Bonchev–Trinajstić information content (AvgIpc) is 3.18. The third-order valence-electron chi connectivity index (χ3n) is 4.43. The van der Waals surface area contributed by atoms with E-state index in [4.69, 9.17) is 11.6 Å². The minimum Gasteiger partial charge on any atom is -0.504 e. The van der Waals surface area contributed by atoms with Gasteiger partial charge in [0.25, 0.3) is 0 Å². The summed E-state index contributed by atoms with van der Waals surface area (Å²) in [6, 6.07) is 10.1. The third-order valence-corrected chi connectivity index (χ3v) is 4.43. The van der Waals surface area contributed by atoms with Crippen LogP contribution < -0.4 is 21.5 Å². The van der Waals surface area contributed by atoms with Crippen LogP contribution in [-0.4, -0.2) is 24.5 Å². The van der Waals surface area contributed by atoms with Crippen LogP contribution in [0, 0.1) is 5.82 Å². The van der Waals surface area contributed by atoms with Gasteiger partial charge in [-0.3, -0.25) is 9.80 Å². The number of carbonyl (C=O) groups excluding carboxylic acids is 1. The van der Waals surface area contributed by atoms with Crippen molar-refractivity contribution in [3.05, 3.63) is 59.5 Å². The molecule has 26 heavy (non-hydrogen) atoms. The molecule has 0 saturated carbocycles. The molecule has 1 saturated heterocycles. The van der Waals surface area contributed by atoms with Crippen LogP contribution in [0.3, 0.4) is 0 Å². The van der Waals surface area contributed by atoms with Crippen LogP contribution in [0.2, 0.25) is 0 Å². The Bertz CT molecular complexity index is 847. The summed E-state index contributed by atoms with van der Waals surface area (Å²) in [6.07, 6.45) is 4.17. The SMILES string of the molecule is N/C(=C\N(N)c1cc(F)c(O)c(C=O)c1)c1cccc(N2CCCC2)c1. The number of hydrazine groups is 1. The molecule has 0 radical (unpaired) electrons. The molecule has 0 atom stereocenters. The van der Waals surface area contributed by atoms with E-state index in [-0.39, 0.29) is 11.3 Å². The zero-order chi connectivity index (χ0) is 18.7. The molecule has 0 spiro atoms. The number of phenols is 1. The zero-order valence-electron chi connectivity index (χ0n) is 14.2. The van der Waals surface area contributed by atoms with Gasteiger partial charge < -0.3 is 15.7 Å². The summed E-state index contributed by atoms with van der Waals surface area (Å²) < 4.78 is 13.7. The molecule has 0 bridgehead atoms. The lowest BCUT2D eigenvalue weighted by molar-refractivity contribution is 0.112.